The lowest BCUT2D eigenvalue weighted by Crippen LogP contribution is -2.08. The van der Waals surface area contributed by atoms with Crippen LogP contribution in [0.25, 0.3) is 5.57 Å². The van der Waals surface area contributed by atoms with Crippen LogP contribution in [-0.2, 0) is 0 Å². The first-order valence-electron chi connectivity index (χ1n) is 7.02. The molecule has 6 nitrogen and oxygen atoms in total. The molecule has 0 aromatic heterocycles. The van der Waals surface area contributed by atoms with Crippen molar-refractivity contribution in [3.8, 4) is 0 Å². The van der Waals surface area contributed by atoms with E-state index in [1.54, 1.807) is 12.1 Å². The second-order valence-corrected chi connectivity index (χ2v) is 5.35. The molecular formula is C17H18N4O2. The van der Waals surface area contributed by atoms with Crippen LogP contribution in [-0.4, -0.2) is 19.0 Å². The lowest BCUT2D eigenvalue weighted by atomic mass is 10.1. The molecule has 0 radical (unpaired) electrons. The van der Waals surface area contributed by atoms with Gasteiger partial charge in [0.1, 0.15) is 0 Å². The minimum Gasteiger partial charge on any atom is -0.378 e. The Balaban J connectivity index is 2.31. The Morgan fingerprint density at radius 2 is 1.78 bits per heavy atom. The van der Waals surface area contributed by atoms with Gasteiger partial charge in [0.15, 0.2) is 0 Å². The summed E-state index contributed by atoms with van der Waals surface area (Å²) < 4.78 is 0. The van der Waals surface area contributed by atoms with Gasteiger partial charge in [0.25, 0.3) is 5.69 Å². The summed E-state index contributed by atoms with van der Waals surface area (Å²) in [6.45, 7) is 5.89. The predicted molar refractivity (Wildman–Crippen MR) is 92.7 cm³/mol. The number of hydrogen-bond acceptors (Lipinski definition) is 5. The molecule has 118 valence electrons. The molecule has 2 aromatic carbocycles. The molecule has 0 saturated heterocycles. The van der Waals surface area contributed by atoms with Gasteiger partial charge in [-0.25, -0.2) is 0 Å². The predicted octanol–water partition coefficient (Wildman–Crippen LogP) is 5.11. The standard InChI is InChI=1S/C17H18N4O2/c1-12(2)16-11-15(20(3)4)9-10-17(16)19-18-13-5-7-14(8-6-13)21(22)23/h5-11H,1H2,2-4H3/b19-18+. The zero-order chi connectivity index (χ0) is 17.0. The van der Waals surface area contributed by atoms with Crippen molar-refractivity contribution in [3.63, 3.8) is 0 Å². The number of nitro benzene ring substituents is 1. The average molecular weight is 310 g/mol. The molecule has 0 N–H and O–H groups in total. The van der Waals surface area contributed by atoms with Crippen molar-refractivity contribution in [2.45, 2.75) is 6.92 Å². The van der Waals surface area contributed by atoms with Gasteiger partial charge in [-0.2, -0.15) is 5.11 Å². The molecule has 0 unspecified atom stereocenters. The Labute approximate surface area is 134 Å². The van der Waals surface area contributed by atoms with E-state index in [0.29, 0.717) is 11.4 Å². The van der Waals surface area contributed by atoms with Crippen LogP contribution in [0.3, 0.4) is 0 Å². The quantitative estimate of drug-likeness (QED) is 0.437. The minimum atomic E-state index is -0.444. The summed E-state index contributed by atoms with van der Waals surface area (Å²) in [6.07, 6.45) is 0. The van der Waals surface area contributed by atoms with Crippen molar-refractivity contribution in [1.82, 2.24) is 0 Å². The summed E-state index contributed by atoms with van der Waals surface area (Å²) in [7, 11) is 3.94. The summed E-state index contributed by atoms with van der Waals surface area (Å²) in [5.74, 6) is 0. The van der Waals surface area contributed by atoms with Crippen molar-refractivity contribution in [2.24, 2.45) is 10.2 Å². The van der Waals surface area contributed by atoms with Crippen LogP contribution >= 0.6 is 0 Å². The summed E-state index contributed by atoms with van der Waals surface area (Å²) in [5.41, 5.74) is 4.16. The normalized spacial score (nSPS) is 10.7. The zero-order valence-corrected chi connectivity index (χ0v) is 13.4. The molecule has 0 atom stereocenters. The van der Waals surface area contributed by atoms with Crippen molar-refractivity contribution in [3.05, 3.63) is 64.7 Å². The largest absolute Gasteiger partial charge is 0.378 e. The molecule has 2 rings (SSSR count). The van der Waals surface area contributed by atoms with Gasteiger partial charge in [-0.3, -0.25) is 10.1 Å². The second-order valence-electron chi connectivity index (χ2n) is 5.35. The molecule has 23 heavy (non-hydrogen) atoms. The zero-order valence-electron chi connectivity index (χ0n) is 13.4. The fourth-order valence-corrected chi connectivity index (χ4v) is 1.98. The van der Waals surface area contributed by atoms with Crippen LogP contribution in [0, 0.1) is 10.1 Å². The Kier molecular flexibility index (Phi) is 4.85. The van der Waals surface area contributed by atoms with Crippen molar-refractivity contribution in [2.75, 3.05) is 19.0 Å². The molecule has 2 aromatic rings. The highest BCUT2D eigenvalue weighted by Crippen LogP contribution is 2.31. The van der Waals surface area contributed by atoms with Gasteiger partial charge in [0.05, 0.1) is 16.3 Å². The fraction of sp³-hybridized carbons (Fsp3) is 0.176. The molecule has 0 spiro atoms. The molecule has 6 heteroatoms. The molecule has 0 bridgehead atoms. The second kappa shape index (κ2) is 6.83. The van der Waals surface area contributed by atoms with Crippen LogP contribution in [0.4, 0.5) is 22.7 Å². The van der Waals surface area contributed by atoms with Crippen LogP contribution in [0.15, 0.2) is 59.3 Å². The Bertz CT molecular complexity index is 765. The molecule has 0 aliphatic carbocycles. The van der Waals surface area contributed by atoms with Gasteiger partial charge in [-0.15, -0.1) is 5.11 Å². The van der Waals surface area contributed by atoms with E-state index in [0.717, 1.165) is 16.8 Å². The summed E-state index contributed by atoms with van der Waals surface area (Å²) in [5, 5.41) is 19.0. The van der Waals surface area contributed by atoms with Crippen molar-refractivity contribution in [1.29, 1.82) is 0 Å². The molecule has 0 heterocycles. The third-order valence-corrected chi connectivity index (χ3v) is 3.29. The van der Waals surface area contributed by atoms with Crippen LogP contribution < -0.4 is 4.90 Å². The Morgan fingerprint density at radius 3 is 2.30 bits per heavy atom. The lowest BCUT2D eigenvalue weighted by molar-refractivity contribution is -0.384. The smallest absolute Gasteiger partial charge is 0.269 e. The van der Waals surface area contributed by atoms with Gasteiger partial charge >= 0.3 is 0 Å². The number of nitrogens with zero attached hydrogens (tertiary/aromatic N) is 4. The Morgan fingerprint density at radius 1 is 1.13 bits per heavy atom. The minimum absolute atomic E-state index is 0.0295. The Hall–Kier alpha value is -3.02. The number of rotatable bonds is 5. The lowest BCUT2D eigenvalue weighted by Gasteiger charge is -2.15. The van der Waals surface area contributed by atoms with E-state index in [4.69, 9.17) is 0 Å². The van der Waals surface area contributed by atoms with Gasteiger partial charge < -0.3 is 4.90 Å². The molecule has 0 amide bonds. The maximum Gasteiger partial charge on any atom is 0.269 e. The number of azo groups is 1. The van der Waals surface area contributed by atoms with Crippen LogP contribution in [0.5, 0.6) is 0 Å². The molecule has 0 fully saturated rings. The third-order valence-electron chi connectivity index (χ3n) is 3.29. The first kappa shape index (κ1) is 16.4. The number of benzene rings is 2. The van der Waals surface area contributed by atoms with Gasteiger partial charge in [-0.05, 0) is 42.8 Å². The molecule has 0 aliphatic rings. The fourth-order valence-electron chi connectivity index (χ4n) is 1.98. The highest BCUT2D eigenvalue weighted by Gasteiger charge is 2.07. The van der Waals surface area contributed by atoms with Gasteiger partial charge in [0.2, 0.25) is 0 Å². The van der Waals surface area contributed by atoms with Gasteiger partial charge in [0, 0.05) is 37.5 Å². The van der Waals surface area contributed by atoms with Crippen molar-refractivity contribution < 1.29 is 4.92 Å². The topological polar surface area (TPSA) is 71.1 Å². The van der Waals surface area contributed by atoms with E-state index in [1.807, 2.05) is 44.1 Å². The van der Waals surface area contributed by atoms with E-state index in [-0.39, 0.29) is 5.69 Å². The maximum atomic E-state index is 10.6. The van der Waals surface area contributed by atoms with E-state index >= 15 is 0 Å². The number of anilines is 1. The molecule has 0 saturated carbocycles. The first-order chi connectivity index (χ1) is 10.9. The number of non-ortho nitro benzene ring substituents is 1. The van der Waals surface area contributed by atoms with Gasteiger partial charge in [-0.1, -0.05) is 6.58 Å². The summed E-state index contributed by atoms with van der Waals surface area (Å²) in [4.78, 5) is 12.2. The highest BCUT2D eigenvalue weighted by molar-refractivity contribution is 5.75. The van der Waals surface area contributed by atoms with Crippen LogP contribution in [0.1, 0.15) is 12.5 Å². The van der Waals surface area contributed by atoms with Crippen molar-refractivity contribution >= 4 is 28.3 Å². The number of nitro groups is 1. The molecule has 0 aliphatic heterocycles. The number of hydrogen-bond donors (Lipinski definition) is 0. The number of allylic oxidation sites excluding steroid dienone is 1. The van der Waals surface area contributed by atoms with E-state index < -0.39 is 4.92 Å². The third kappa shape index (κ3) is 4.00. The molecular weight excluding hydrogens is 292 g/mol. The van der Waals surface area contributed by atoms with E-state index in [2.05, 4.69) is 16.8 Å². The van der Waals surface area contributed by atoms with Crippen LogP contribution in [0.2, 0.25) is 0 Å². The maximum absolute atomic E-state index is 10.6. The summed E-state index contributed by atoms with van der Waals surface area (Å²) >= 11 is 0. The van der Waals surface area contributed by atoms with E-state index in [1.165, 1.54) is 12.1 Å². The monoisotopic (exact) mass is 310 g/mol. The summed E-state index contributed by atoms with van der Waals surface area (Å²) in [6, 6.07) is 11.8. The average Bonchev–Trinajstić information content (AvgIpc) is 2.52. The SMILES string of the molecule is C=C(C)c1cc(N(C)C)ccc1/N=N/c1ccc([N+](=O)[O-])cc1. The van der Waals surface area contributed by atoms with E-state index in [9.17, 15) is 10.1 Å². The highest BCUT2D eigenvalue weighted by atomic mass is 16.6. The first-order valence-corrected chi connectivity index (χ1v) is 7.02.